The molecule has 0 aliphatic rings. The van der Waals surface area contributed by atoms with Gasteiger partial charge >= 0.3 is 0 Å². The Labute approximate surface area is 162 Å². The van der Waals surface area contributed by atoms with E-state index in [1.807, 2.05) is 65.4 Å². The average Bonchev–Trinajstić information content (AvgIpc) is 3.20. The van der Waals surface area contributed by atoms with Gasteiger partial charge in [-0.2, -0.15) is 0 Å². The van der Waals surface area contributed by atoms with Gasteiger partial charge in [-0.25, -0.2) is 4.98 Å². The molecule has 0 aliphatic carbocycles. The molecule has 4 aromatic rings. The number of ketones is 1. The van der Waals surface area contributed by atoms with Crippen LogP contribution >= 0.6 is 0 Å². The lowest BCUT2D eigenvalue weighted by atomic mass is 10.1. The Morgan fingerprint density at radius 1 is 1.04 bits per heavy atom. The molecule has 0 aliphatic heterocycles. The van der Waals surface area contributed by atoms with E-state index in [1.54, 1.807) is 26.4 Å². The van der Waals surface area contributed by atoms with Crippen molar-refractivity contribution in [2.24, 2.45) is 7.05 Å². The van der Waals surface area contributed by atoms with Crippen LogP contribution in [0.5, 0.6) is 11.5 Å². The number of ether oxygens (including phenoxy) is 2. The number of hydrogen-bond donors (Lipinski definition) is 0. The molecule has 0 bridgehead atoms. The van der Waals surface area contributed by atoms with Crippen molar-refractivity contribution < 1.29 is 14.3 Å². The molecular formula is C22H21N3O3. The minimum atomic E-state index is -0.101. The highest BCUT2D eigenvalue weighted by molar-refractivity contribution is 6.08. The Morgan fingerprint density at radius 3 is 2.46 bits per heavy atom. The zero-order chi connectivity index (χ0) is 19.8. The third kappa shape index (κ3) is 2.74. The number of hydrogen-bond acceptors (Lipinski definition) is 4. The number of carbonyl (C=O) groups excluding carboxylic acids is 1. The van der Waals surface area contributed by atoms with Crippen molar-refractivity contribution in [3.63, 3.8) is 0 Å². The first kappa shape index (κ1) is 17.9. The summed E-state index contributed by atoms with van der Waals surface area (Å²) in [5.74, 6) is 1.92. The van der Waals surface area contributed by atoms with E-state index in [2.05, 4.69) is 4.98 Å². The minimum absolute atomic E-state index is 0.101. The smallest absolute Gasteiger partial charge is 0.215 e. The summed E-state index contributed by atoms with van der Waals surface area (Å²) in [5.41, 5.74) is 4.12. The third-order valence-corrected chi connectivity index (χ3v) is 4.89. The lowest BCUT2D eigenvalue weighted by Gasteiger charge is -2.07. The molecular weight excluding hydrogens is 354 g/mol. The van der Waals surface area contributed by atoms with Crippen molar-refractivity contribution >= 4 is 28.7 Å². The van der Waals surface area contributed by atoms with Gasteiger partial charge in [-0.1, -0.05) is 24.3 Å². The first-order valence-corrected chi connectivity index (χ1v) is 8.92. The van der Waals surface area contributed by atoms with Crippen molar-refractivity contribution in [2.45, 2.75) is 6.92 Å². The number of carbonyl (C=O) groups is 1. The van der Waals surface area contributed by atoms with Gasteiger partial charge in [0.15, 0.2) is 11.5 Å². The monoisotopic (exact) mass is 375 g/mol. The number of methoxy groups -OCH3 is 2. The Morgan fingerprint density at radius 2 is 1.75 bits per heavy atom. The molecule has 6 nitrogen and oxygen atoms in total. The summed E-state index contributed by atoms with van der Waals surface area (Å²) in [6, 6.07) is 13.5. The van der Waals surface area contributed by atoms with E-state index in [1.165, 1.54) is 0 Å². The summed E-state index contributed by atoms with van der Waals surface area (Å²) in [5, 5.41) is 0. The van der Waals surface area contributed by atoms with E-state index in [0.29, 0.717) is 22.9 Å². The normalized spacial score (nSPS) is 11.6. The molecule has 0 atom stereocenters. The Balaban J connectivity index is 1.76. The van der Waals surface area contributed by atoms with Crippen molar-refractivity contribution in [2.75, 3.05) is 14.2 Å². The molecule has 0 fully saturated rings. The molecule has 0 radical (unpaired) electrons. The number of fused-ring (bicyclic) bond motifs is 3. The summed E-state index contributed by atoms with van der Waals surface area (Å²) < 4.78 is 14.5. The Bertz CT molecular complexity index is 1230. The third-order valence-electron chi connectivity index (χ3n) is 4.89. The summed E-state index contributed by atoms with van der Waals surface area (Å²) >= 11 is 0. The molecule has 4 rings (SSSR count). The maximum absolute atomic E-state index is 13.0. The fourth-order valence-electron chi connectivity index (χ4n) is 3.51. The number of imidazole rings is 2. The molecule has 0 amide bonds. The average molecular weight is 375 g/mol. The topological polar surface area (TPSA) is 57.8 Å². The number of rotatable bonds is 5. The molecule has 2 aromatic carbocycles. The van der Waals surface area contributed by atoms with E-state index >= 15 is 0 Å². The quantitative estimate of drug-likeness (QED) is 0.390. The van der Waals surface area contributed by atoms with E-state index in [-0.39, 0.29) is 5.78 Å². The first-order chi connectivity index (χ1) is 13.5. The molecule has 2 heterocycles. The van der Waals surface area contributed by atoms with Gasteiger partial charge in [0, 0.05) is 7.05 Å². The van der Waals surface area contributed by atoms with E-state index in [9.17, 15) is 4.79 Å². The summed E-state index contributed by atoms with van der Waals surface area (Å²) in [6.45, 7) is 1.86. The van der Waals surface area contributed by atoms with Gasteiger partial charge in [0.05, 0.1) is 30.9 Å². The zero-order valence-electron chi connectivity index (χ0n) is 16.3. The fraction of sp³-hybridized carbons (Fsp3) is 0.182. The van der Waals surface area contributed by atoms with E-state index in [0.717, 1.165) is 22.4 Å². The maximum atomic E-state index is 13.0. The van der Waals surface area contributed by atoms with Gasteiger partial charge in [-0.15, -0.1) is 0 Å². The van der Waals surface area contributed by atoms with Crippen LogP contribution in [0.3, 0.4) is 0 Å². The predicted molar refractivity (Wildman–Crippen MR) is 109 cm³/mol. The summed E-state index contributed by atoms with van der Waals surface area (Å²) in [4.78, 5) is 17.6. The second-order valence-electron chi connectivity index (χ2n) is 6.54. The summed E-state index contributed by atoms with van der Waals surface area (Å²) in [6.07, 6.45) is 3.34. The molecule has 0 saturated carbocycles. The predicted octanol–water partition coefficient (Wildman–Crippen LogP) is 4.05. The molecule has 0 saturated heterocycles. The van der Waals surface area contributed by atoms with Crippen molar-refractivity contribution in [1.29, 1.82) is 0 Å². The van der Waals surface area contributed by atoms with Gasteiger partial charge in [-0.3, -0.25) is 9.20 Å². The number of benzene rings is 2. The summed E-state index contributed by atoms with van der Waals surface area (Å²) in [7, 11) is 5.13. The van der Waals surface area contributed by atoms with Crippen LogP contribution < -0.4 is 9.47 Å². The molecule has 0 spiro atoms. The van der Waals surface area contributed by atoms with Crippen LogP contribution in [0.25, 0.3) is 22.9 Å². The fourth-order valence-corrected chi connectivity index (χ4v) is 3.51. The number of allylic oxidation sites excluding steroid dienone is 1. The van der Waals surface area contributed by atoms with Gasteiger partial charge in [0.25, 0.3) is 0 Å². The zero-order valence-corrected chi connectivity index (χ0v) is 16.3. The lowest BCUT2D eigenvalue weighted by molar-refractivity contribution is 0.104. The van der Waals surface area contributed by atoms with E-state index < -0.39 is 0 Å². The SMILES string of the molecule is COc1ccc(C=CC(=O)c2c(C)nc3n(C)c4ccccc4n23)cc1OC. The van der Waals surface area contributed by atoms with Crippen LogP contribution in [0.4, 0.5) is 0 Å². The number of para-hydroxylation sites is 2. The molecule has 28 heavy (non-hydrogen) atoms. The van der Waals surface area contributed by atoms with Crippen LogP contribution in [0.15, 0.2) is 48.5 Å². The molecule has 142 valence electrons. The number of aromatic nitrogens is 3. The molecule has 0 N–H and O–H groups in total. The van der Waals surface area contributed by atoms with Crippen molar-refractivity contribution in [1.82, 2.24) is 14.0 Å². The minimum Gasteiger partial charge on any atom is -0.493 e. The molecule has 2 aromatic heterocycles. The largest absolute Gasteiger partial charge is 0.493 e. The number of nitrogens with zero attached hydrogens (tertiary/aromatic N) is 3. The van der Waals surface area contributed by atoms with E-state index in [4.69, 9.17) is 9.47 Å². The highest BCUT2D eigenvalue weighted by Crippen LogP contribution is 2.28. The first-order valence-electron chi connectivity index (χ1n) is 8.92. The van der Waals surface area contributed by atoms with Gasteiger partial charge in [-0.05, 0) is 42.8 Å². The second kappa shape index (κ2) is 6.88. The highest BCUT2D eigenvalue weighted by atomic mass is 16.5. The van der Waals surface area contributed by atoms with Crippen LogP contribution in [0.2, 0.25) is 0 Å². The maximum Gasteiger partial charge on any atom is 0.215 e. The molecule has 6 heteroatoms. The second-order valence-corrected chi connectivity index (χ2v) is 6.54. The van der Waals surface area contributed by atoms with Crippen LogP contribution in [0.1, 0.15) is 21.7 Å². The lowest BCUT2D eigenvalue weighted by Crippen LogP contribution is -2.01. The van der Waals surface area contributed by atoms with Crippen molar-refractivity contribution in [3.8, 4) is 11.5 Å². The highest BCUT2D eigenvalue weighted by Gasteiger charge is 2.20. The standard InChI is InChI=1S/C22H21N3O3/c1-14-21(25-17-8-6-5-7-16(17)24(2)22(25)23-14)18(26)11-9-15-10-12-19(27-3)20(13-15)28-4/h5-13H,1-4H3. The van der Waals surface area contributed by atoms with Crippen molar-refractivity contribution in [3.05, 3.63) is 65.5 Å². The van der Waals surface area contributed by atoms with Crippen LogP contribution in [-0.2, 0) is 7.05 Å². The van der Waals surface area contributed by atoms with Gasteiger partial charge in [0.1, 0.15) is 5.69 Å². The number of aryl methyl sites for hydroxylation is 2. The van der Waals surface area contributed by atoms with Gasteiger partial charge in [0.2, 0.25) is 11.6 Å². The Kier molecular flexibility index (Phi) is 4.39. The van der Waals surface area contributed by atoms with Gasteiger partial charge < -0.3 is 14.0 Å². The van der Waals surface area contributed by atoms with Crippen LogP contribution in [-0.4, -0.2) is 34.0 Å². The Hall–Kier alpha value is -3.54. The molecule has 0 unspecified atom stereocenters. The van der Waals surface area contributed by atoms with Crippen LogP contribution in [0, 0.1) is 6.92 Å².